The van der Waals surface area contributed by atoms with Gasteiger partial charge < -0.3 is 25.4 Å². The summed E-state index contributed by atoms with van der Waals surface area (Å²) >= 11 is 0. The average molecular weight is 523 g/mol. The highest BCUT2D eigenvalue weighted by Gasteiger charge is 2.19. The quantitative estimate of drug-likeness (QED) is 0.394. The first-order valence-electron chi connectivity index (χ1n) is 11.1. The summed E-state index contributed by atoms with van der Waals surface area (Å²) in [7, 11) is -3.19. The van der Waals surface area contributed by atoms with Crippen LogP contribution in [0.2, 0.25) is 0 Å². The van der Waals surface area contributed by atoms with E-state index in [0.29, 0.717) is 40.7 Å². The number of hydrogen-bond acceptors (Lipinski definition) is 7. The summed E-state index contributed by atoms with van der Waals surface area (Å²) in [6.07, 6.45) is 2.95. The van der Waals surface area contributed by atoms with Gasteiger partial charge in [0.1, 0.15) is 35.8 Å². The normalized spacial score (nSPS) is 12.3. The zero-order chi connectivity index (χ0) is 26.4. The number of rotatable bonds is 8. The SMILES string of the molecule is CS(=O)(=O)CCOc1cc2c(cc1C#N)C(Oc1ccc(NC(=O)Nc3ccc(F)cc3)cc1)=CCN2. The summed E-state index contributed by atoms with van der Waals surface area (Å²) in [6.45, 7) is 0.411. The second-order valence-electron chi connectivity index (χ2n) is 8.15. The van der Waals surface area contributed by atoms with Gasteiger partial charge in [0.15, 0.2) is 9.84 Å². The van der Waals surface area contributed by atoms with Gasteiger partial charge in [0.25, 0.3) is 0 Å². The molecule has 0 fully saturated rings. The number of urea groups is 1. The van der Waals surface area contributed by atoms with E-state index >= 15 is 0 Å². The lowest BCUT2D eigenvalue weighted by Gasteiger charge is -2.21. The van der Waals surface area contributed by atoms with Crippen molar-refractivity contribution in [2.24, 2.45) is 0 Å². The molecule has 4 rings (SSSR count). The standard InChI is InChI=1S/C26H23FN4O5S/c1-37(33,34)13-12-35-25-15-23-22(14-17(25)16-28)24(10-11-29-23)36-21-8-6-20(7-9-21)31-26(32)30-19-4-2-18(27)3-5-19/h2-10,14-15,29H,11-13H2,1H3,(H2,30,31,32). The van der Waals surface area contributed by atoms with E-state index in [4.69, 9.17) is 9.47 Å². The molecule has 0 radical (unpaired) electrons. The molecular formula is C26H23FN4O5S. The minimum atomic E-state index is -3.19. The Hall–Kier alpha value is -4.56. The smallest absolute Gasteiger partial charge is 0.323 e. The van der Waals surface area contributed by atoms with E-state index in [1.54, 1.807) is 36.4 Å². The zero-order valence-corrected chi connectivity index (χ0v) is 20.6. The molecule has 1 heterocycles. The number of hydrogen-bond donors (Lipinski definition) is 3. The number of carbonyl (C=O) groups excluding carboxylic acids is 1. The largest absolute Gasteiger partial charge is 0.491 e. The van der Waals surface area contributed by atoms with Crippen molar-refractivity contribution in [3.8, 4) is 17.6 Å². The van der Waals surface area contributed by atoms with Crippen LogP contribution in [0.3, 0.4) is 0 Å². The molecule has 0 aromatic heterocycles. The maximum Gasteiger partial charge on any atom is 0.323 e. The molecule has 3 aromatic carbocycles. The molecule has 1 aliphatic heterocycles. The van der Waals surface area contributed by atoms with Crippen LogP contribution in [0.4, 0.5) is 26.2 Å². The van der Waals surface area contributed by atoms with E-state index < -0.39 is 21.7 Å². The maximum atomic E-state index is 13.0. The molecule has 0 atom stereocenters. The van der Waals surface area contributed by atoms with Crippen molar-refractivity contribution in [2.75, 3.05) is 41.1 Å². The predicted octanol–water partition coefficient (Wildman–Crippen LogP) is 4.61. The second-order valence-corrected chi connectivity index (χ2v) is 10.4. The molecular weight excluding hydrogens is 499 g/mol. The minimum Gasteiger partial charge on any atom is -0.491 e. The Morgan fingerprint density at radius 2 is 1.73 bits per heavy atom. The van der Waals surface area contributed by atoms with Crippen LogP contribution >= 0.6 is 0 Å². The molecule has 190 valence electrons. The fourth-order valence-corrected chi connectivity index (χ4v) is 3.85. The third-order valence-corrected chi connectivity index (χ3v) is 6.15. The fourth-order valence-electron chi connectivity index (χ4n) is 3.46. The molecule has 0 unspecified atom stereocenters. The van der Waals surface area contributed by atoms with Gasteiger partial charge in [0.2, 0.25) is 0 Å². The Morgan fingerprint density at radius 3 is 2.35 bits per heavy atom. The van der Waals surface area contributed by atoms with Gasteiger partial charge >= 0.3 is 6.03 Å². The summed E-state index contributed by atoms with van der Waals surface area (Å²) in [5.74, 6) is 0.775. The van der Waals surface area contributed by atoms with E-state index in [-0.39, 0.29) is 23.7 Å². The Morgan fingerprint density at radius 1 is 1.08 bits per heavy atom. The molecule has 0 saturated carbocycles. The Bertz CT molecular complexity index is 1480. The molecule has 2 amide bonds. The Labute approximate surface area is 213 Å². The van der Waals surface area contributed by atoms with Crippen LogP contribution in [0.1, 0.15) is 11.1 Å². The summed E-state index contributed by atoms with van der Waals surface area (Å²) in [4.78, 5) is 12.2. The number of fused-ring (bicyclic) bond motifs is 1. The predicted molar refractivity (Wildman–Crippen MR) is 139 cm³/mol. The number of nitriles is 1. The number of carbonyl (C=O) groups is 1. The van der Waals surface area contributed by atoms with E-state index in [2.05, 4.69) is 22.0 Å². The zero-order valence-electron chi connectivity index (χ0n) is 19.7. The number of benzene rings is 3. The number of ether oxygens (including phenoxy) is 2. The van der Waals surface area contributed by atoms with Crippen molar-refractivity contribution in [1.82, 2.24) is 0 Å². The van der Waals surface area contributed by atoms with Gasteiger partial charge in [-0.2, -0.15) is 5.26 Å². The van der Waals surface area contributed by atoms with Gasteiger partial charge in [-0.25, -0.2) is 17.6 Å². The molecule has 1 aliphatic rings. The lowest BCUT2D eigenvalue weighted by Crippen LogP contribution is -2.19. The molecule has 9 nitrogen and oxygen atoms in total. The first kappa shape index (κ1) is 25.5. The maximum absolute atomic E-state index is 13.0. The first-order chi connectivity index (χ1) is 17.7. The highest BCUT2D eigenvalue weighted by molar-refractivity contribution is 7.90. The van der Waals surface area contributed by atoms with E-state index in [0.717, 1.165) is 6.26 Å². The number of halogens is 1. The van der Waals surface area contributed by atoms with Crippen LogP contribution in [0.15, 0.2) is 66.7 Å². The number of amides is 2. The van der Waals surface area contributed by atoms with Gasteiger partial charge in [-0.3, -0.25) is 0 Å². The number of sulfone groups is 1. The molecule has 0 spiro atoms. The van der Waals surface area contributed by atoms with Gasteiger partial charge in [-0.05, 0) is 60.7 Å². The lowest BCUT2D eigenvalue weighted by molar-refractivity contribution is 0.262. The molecule has 11 heteroatoms. The Balaban J connectivity index is 1.42. The van der Waals surface area contributed by atoms with Crippen LogP contribution in [-0.2, 0) is 9.84 Å². The van der Waals surface area contributed by atoms with Gasteiger partial charge in [-0.1, -0.05) is 0 Å². The number of anilines is 3. The molecule has 3 aromatic rings. The highest BCUT2D eigenvalue weighted by Crippen LogP contribution is 2.35. The van der Waals surface area contributed by atoms with Crippen molar-refractivity contribution in [3.05, 3.63) is 83.7 Å². The van der Waals surface area contributed by atoms with Crippen LogP contribution in [0.5, 0.6) is 11.5 Å². The molecule has 3 N–H and O–H groups in total. The van der Waals surface area contributed by atoms with Crippen molar-refractivity contribution < 1.29 is 27.1 Å². The van der Waals surface area contributed by atoms with E-state index in [1.807, 2.05) is 6.08 Å². The molecule has 0 bridgehead atoms. The van der Waals surface area contributed by atoms with Crippen molar-refractivity contribution >= 4 is 38.7 Å². The van der Waals surface area contributed by atoms with Gasteiger partial charge in [-0.15, -0.1) is 0 Å². The van der Waals surface area contributed by atoms with Gasteiger partial charge in [0.05, 0.1) is 11.3 Å². The minimum absolute atomic E-state index is 0.0617. The monoisotopic (exact) mass is 522 g/mol. The van der Waals surface area contributed by atoms with Crippen LogP contribution in [0, 0.1) is 17.1 Å². The summed E-state index contributed by atoms with van der Waals surface area (Å²) in [6, 6.07) is 17.0. The molecule has 37 heavy (non-hydrogen) atoms. The van der Waals surface area contributed by atoms with Crippen molar-refractivity contribution in [1.29, 1.82) is 5.26 Å². The average Bonchev–Trinajstić information content (AvgIpc) is 2.85. The van der Waals surface area contributed by atoms with E-state index in [9.17, 15) is 22.9 Å². The van der Waals surface area contributed by atoms with Crippen molar-refractivity contribution in [2.45, 2.75) is 0 Å². The fraction of sp³-hybridized carbons (Fsp3) is 0.154. The van der Waals surface area contributed by atoms with Crippen LogP contribution < -0.4 is 25.4 Å². The molecule has 0 aliphatic carbocycles. The number of nitrogens with one attached hydrogen (secondary N) is 3. The third kappa shape index (κ3) is 6.99. The van der Waals surface area contributed by atoms with Crippen molar-refractivity contribution in [3.63, 3.8) is 0 Å². The summed E-state index contributed by atoms with van der Waals surface area (Å²) in [5.41, 5.74) is 2.56. The lowest BCUT2D eigenvalue weighted by atomic mass is 10.0. The number of nitrogens with zero attached hydrogens (tertiary/aromatic N) is 1. The Kier molecular flexibility index (Phi) is 7.60. The first-order valence-corrected chi connectivity index (χ1v) is 13.2. The van der Waals surface area contributed by atoms with Crippen LogP contribution in [0.25, 0.3) is 5.76 Å². The highest BCUT2D eigenvalue weighted by atomic mass is 32.2. The molecule has 0 saturated heterocycles. The van der Waals surface area contributed by atoms with Crippen LogP contribution in [-0.4, -0.2) is 39.6 Å². The topological polar surface area (TPSA) is 130 Å². The second kappa shape index (κ2) is 11.0. The van der Waals surface area contributed by atoms with Gasteiger partial charge in [0, 0.05) is 41.5 Å². The third-order valence-electron chi connectivity index (χ3n) is 5.24. The van der Waals surface area contributed by atoms with E-state index in [1.165, 1.54) is 24.3 Å². The summed E-state index contributed by atoms with van der Waals surface area (Å²) < 4.78 is 47.3. The summed E-state index contributed by atoms with van der Waals surface area (Å²) in [5, 5.41) is 18.1.